The average molecular weight is 485 g/mol. The van der Waals surface area contributed by atoms with Crippen LogP contribution in [0.4, 0.5) is 29.2 Å². The Morgan fingerprint density at radius 3 is 2.60 bits per heavy atom. The van der Waals surface area contributed by atoms with Crippen LogP contribution < -0.4 is 11.1 Å². The minimum absolute atomic E-state index is 0.0290. The molecule has 0 bridgehead atoms. The Morgan fingerprint density at radius 2 is 1.89 bits per heavy atom. The van der Waals surface area contributed by atoms with E-state index in [0.29, 0.717) is 22.5 Å². The van der Waals surface area contributed by atoms with Gasteiger partial charge in [-0.05, 0) is 37.5 Å². The van der Waals surface area contributed by atoms with Gasteiger partial charge in [0.1, 0.15) is 28.6 Å². The van der Waals surface area contributed by atoms with Gasteiger partial charge in [0.15, 0.2) is 11.5 Å². The van der Waals surface area contributed by atoms with Crippen molar-refractivity contribution in [3.05, 3.63) is 65.5 Å². The number of imidazole rings is 1. The molecule has 0 spiro atoms. The van der Waals surface area contributed by atoms with Gasteiger partial charge in [0.2, 0.25) is 5.91 Å². The molecular formula is C23H19F4N7O. The first-order valence-electron chi connectivity index (χ1n) is 10.7. The summed E-state index contributed by atoms with van der Waals surface area (Å²) in [5, 5.41) is 2.71. The molecule has 0 saturated heterocycles. The molecule has 1 unspecified atom stereocenters. The van der Waals surface area contributed by atoms with Crippen LogP contribution in [0.25, 0.3) is 17.2 Å². The fraction of sp³-hybridized carbons (Fsp3) is 0.261. The first kappa shape index (κ1) is 22.7. The number of amides is 1. The van der Waals surface area contributed by atoms with Crippen LogP contribution in [0.15, 0.2) is 42.9 Å². The SMILES string of the molecule is CC1(c2ccc(F)cc2)C(=O)Nc2nc(-c3cn4ccnc4c(CCCC(F)(F)F)n3)nc(N)c21. The summed E-state index contributed by atoms with van der Waals surface area (Å²) in [4.78, 5) is 30.4. The number of nitrogens with two attached hydrogens (primary N) is 1. The number of carbonyl (C=O) groups excluding carboxylic acids is 1. The maximum atomic E-state index is 13.4. The number of nitrogen functional groups attached to an aromatic ring is 1. The van der Waals surface area contributed by atoms with Crippen LogP contribution in [-0.4, -0.2) is 36.4 Å². The maximum absolute atomic E-state index is 13.4. The quantitative estimate of drug-likeness (QED) is 0.413. The highest BCUT2D eigenvalue weighted by atomic mass is 19.4. The summed E-state index contributed by atoms with van der Waals surface area (Å²) in [6, 6.07) is 5.50. The number of nitrogens with zero attached hydrogens (tertiary/aromatic N) is 5. The molecule has 3 N–H and O–H groups in total. The van der Waals surface area contributed by atoms with Crippen LogP contribution in [0.5, 0.6) is 0 Å². The van der Waals surface area contributed by atoms with Crippen LogP contribution in [-0.2, 0) is 16.6 Å². The Bertz CT molecular complexity index is 1450. The highest BCUT2D eigenvalue weighted by Crippen LogP contribution is 2.44. The van der Waals surface area contributed by atoms with Gasteiger partial charge in [-0.25, -0.2) is 24.3 Å². The normalized spacial score (nSPS) is 17.6. The monoisotopic (exact) mass is 485 g/mol. The average Bonchev–Trinajstić information content (AvgIpc) is 3.36. The van der Waals surface area contributed by atoms with E-state index in [4.69, 9.17) is 5.73 Å². The predicted octanol–water partition coefficient (Wildman–Crippen LogP) is 4.05. The van der Waals surface area contributed by atoms with E-state index in [1.54, 1.807) is 23.7 Å². The van der Waals surface area contributed by atoms with E-state index >= 15 is 0 Å². The van der Waals surface area contributed by atoms with E-state index in [-0.39, 0.29) is 36.0 Å². The second kappa shape index (κ2) is 8.00. The van der Waals surface area contributed by atoms with Crippen molar-refractivity contribution < 1.29 is 22.4 Å². The van der Waals surface area contributed by atoms with Crippen LogP contribution >= 0.6 is 0 Å². The van der Waals surface area contributed by atoms with Crippen LogP contribution in [0, 0.1) is 5.82 Å². The van der Waals surface area contributed by atoms with Crippen molar-refractivity contribution in [1.82, 2.24) is 24.3 Å². The highest BCUT2D eigenvalue weighted by Gasteiger charge is 2.47. The third kappa shape index (κ3) is 3.94. The zero-order valence-electron chi connectivity index (χ0n) is 18.4. The molecule has 4 heterocycles. The molecule has 180 valence electrons. The molecule has 1 aliphatic rings. The first-order chi connectivity index (χ1) is 16.6. The standard InChI is InChI=1S/C23H19F4N7O/c1-22(12-4-6-13(24)7-5-12)16-17(28)31-18(32-19(16)33-21(22)35)15-11-34-10-9-29-20(34)14(30-15)3-2-8-23(25,26)27/h4-7,9-11H,2-3,8H2,1H3,(H3,28,31,32,33,35). The summed E-state index contributed by atoms with van der Waals surface area (Å²) >= 11 is 0. The van der Waals surface area contributed by atoms with Crippen molar-refractivity contribution in [1.29, 1.82) is 0 Å². The lowest BCUT2D eigenvalue weighted by Crippen LogP contribution is -2.33. The zero-order valence-corrected chi connectivity index (χ0v) is 18.4. The summed E-state index contributed by atoms with van der Waals surface area (Å²) in [7, 11) is 0. The number of anilines is 2. The number of nitrogens with one attached hydrogen (secondary N) is 1. The van der Waals surface area contributed by atoms with Crippen molar-refractivity contribution in [2.75, 3.05) is 11.1 Å². The Hall–Kier alpha value is -4.09. The number of hydrogen-bond donors (Lipinski definition) is 2. The number of rotatable bonds is 5. The molecule has 8 nitrogen and oxygen atoms in total. The van der Waals surface area contributed by atoms with E-state index in [2.05, 4.69) is 25.3 Å². The van der Waals surface area contributed by atoms with E-state index in [1.807, 2.05) is 0 Å². The molecule has 1 aliphatic heterocycles. The molecule has 0 saturated carbocycles. The summed E-state index contributed by atoms with van der Waals surface area (Å²) in [6.45, 7) is 1.65. The molecule has 0 radical (unpaired) electrons. The van der Waals surface area contributed by atoms with Gasteiger partial charge in [0.25, 0.3) is 0 Å². The number of aryl methyl sites for hydroxylation is 1. The van der Waals surface area contributed by atoms with Gasteiger partial charge in [-0.2, -0.15) is 13.2 Å². The van der Waals surface area contributed by atoms with Crippen molar-refractivity contribution in [3.8, 4) is 11.5 Å². The molecule has 3 aromatic heterocycles. The molecule has 1 atom stereocenters. The Balaban J connectivity index is 1.56. The van der Waals surface area contributed by atoms with Crippen molar-refractivity contribution in [2.24, 2.45) is 0 Å². The molecule has 1 aromatic carbocycles. The van der Waals surface area contributed by atoms with Gasteiger partial charge in [-0.15, -0.1) is 0 Å². The first-order valence-corrected chi connectivity index (χ1v) is 10.7. The topological polar surface area (TPSA) is 111 Å². The largest absolute Gasteiger partial charge is 0.389 e. The Labute approximate surface area is 196 Å². The fourth-order valence-electron chi connectivity index (χ4n) is 4.31. The van der Waals surface area contributed by atoms with Gasteiger partial charge >= 0.3 is 6.18 Å². The predicted molar refractivity (Wildman–Crippen MR) is 119 cm³/mol. The van der Waals surface area contributed by atoms with E-state index in [1.165, 1.54) is 30.5 Å². The number of fused-ring (bicyclic) bond motifs is 2. The fourth-order valence-corrected chi connectivity index (χ4v) is 4.31. The van der Waals surface area contributed by atoms with Crippen molar-refractivity contribution >= 4 is 23.2 Å². The molecule has 0 aliphatic carbocycles. The minimum Gasteiger partial charge on any atom is -0.383 e. The number of halogens is 4. The second-order valence-electron chi connectivity index (χ2n) is 8.44. The lowest BCUT2D eigenvalue weighted by atomic mass is 9.78. The molecule has 4 aromatic rings. The number of alkyl halides is 3. The lowest BCUT2D eigenvalue weighted by molar-refractivity contribution is -0.135. The summed E-state index contributed by atoms with van der Waals surface area (Å²) in [6.07, 6.45) is -0.571. The second-order valence-corrected chi connectivity index (χ2v) is 8.44. The van der Waals surface area contributed by atoms with Crippen molar-refractivity contribution in [2.45, 2.75) is 37.8 Å². The van der Waals surface area contributed by atoms with Crippen LogP contribution in [0.1, 0.15) is 36.6 Å². The maximum Gasteiger partial charge on any atom is 0.389 e. The number of hydrogen-bond acceptors (Lipinski definition) is 6. The number of aromatic nitrogens is 5. The van der Waals surface area contributed by atoms with Crippen LogP contribution in [0.2, 0.25) is 0 Å². The van der Waals surface area contributed by atoms with Gasteiger partial charge in [0, 0.05) is 25.0 Å². The van der Waals surface area contributed by atoms with E-state index < -0.39 is 29.7 Å². The van der Waals surface area contributed by atoms with E-state index in [9.17, 15) is 22.4 Å². The Kier molecular flexibility index (Phi) is 5.18. The van der Waals surface area contributed by atoms with E-state index in [0.717, 1.165) is 0 Å². The third-order valence-corrected chi connectivity index (χ3v) is 6.09. The van der Waals surface area contributed by atoms with Gasteiger partial charge < -0.3 is 15.5 Å². The number of carbonyl (C=O) groups is 1. The molecule has 5 rings (SSSR count). The molecule has 0 fully saturated rings. The zero-order chi connectivity index (χ0) is 25.0. The minimum atomic E-state index is -4.27. The number of benzene rings is 1. The highest BCUT2D eigenvalue weighted by molar-refractivity contribution is 6.09. The van der Waals surface area contributed by atoms with Crippen LogP contribution in [0.3, 0.4) is 0 Å². The van der Waals surface area contributed by atoms with Gasteiger partial charge in [-0.3, -0.25) is 4.79 Å². The van der Waals surface area contributed by atoms with Crippen molar-refractivity contribution in [3.63, 3.8) is 0 Å². The summed E-state index contributed by atoms with van der Waals surface area (Å²) < 4.78 is 53.0. The summed E-state index contributed by atoms with van der Waals surface area (Å²) in [5.74, 6) is -0.528. The lowest BCUT2D eigenvalue weighted by Gasteiger charge is -2.23. The van der Waals surface area contributed by atoms with Gasteiger partial charge in [-0.1, -0.05) is 12.1 Å². The Morgan fingerprint density at radius 1 is 1.14 bits per heavy atom. The molecule has 35 heavy (non-hydrogen) atoms. The third-order valence-electron chi connectivity index (χ3n) is 6.09. The molecule has 12 heteroatoms. The molecular weight excluding hydrogens is 466 g/mol. The smallest absolute Gasteiger partial charge is 0.383 e. The summed E-state index contributed by atoms with van der Waals surface area (Å²) in [5.41, 5.74) is 6.97. The van der Waals surface area contributed by atoms with Gasteiger partial charge in [0.05, 0.1) is 11.3 Å². The molecule has 1 amide bonds.